The maximum atomic E-state index is 12.5. The summed E-state index contributed by atoms with van der Waals surface area (Å²) in [5.41, 5.74) is 2.38. The SMILES string of the molecule is O=C(Nc1ccccc1Cl)N1CCN(c2ccc(-c3ccc(Cl)cc3)nn2)CC1. The number of nitrogens with zero attached hydrogens (tertiary/aromatic N) is 4. The van der Waals surface area contributed by atoms with Gasteiger partial charge < -0.3 is 15.1 Å². The number of amides is 2. The topological polar surface area (TPSA) is 61.4 Å². The first kappa shape index (κ1) is 19.5. The van der Waals surface area contributed by atoms with E-state index < -0.39 is 0 Å². The maximum Gasteiger partial charge on any atom is 0.322 e. The van der Waals surface area contributed by atoms with E-state index in [4.69, 9.17) is 23.2 Å². The van der Waals surface area contributed by atoms with Gasteiger partial charge >= 0.3 is 6.03 Å². The van der Waals surface area contributed by atoms with Gasteiger partial charge in [0.25, 0.3) is 0 Å². The summed E-state index contributed by atoms with van der Waals surface area (Å²) in [6.45, 7) is 2.56. The Balaban J connectivity index is 1.35. The first-order valence-electron chi connectivity index (χ1n) is 9.25. The van der Waals surface area contributed by atoms with E-state index in [9.17, 15) is 4.79 Å². The maximum absolute atomic E-state index is 12.5. The van der Waals surface area contributed by atoms with Gasteiger partial charge in [0.05, 0.1) is 16.4 Å². The number of halogens is 2. The normalized spacial score (nSPS) is 14.0. The number of benzene rings is 2. The Labute approximate surface area is 179 Å². The fraction of sp³-hybridized carbons (Fsp3) is 0.190. The highest BCUT2D eigenvalue weighted by molar-refractivity contribution is 6.33. The minimum absolute atomic E-state index is 0.151. The molecule has 2 heterocycles. The summed E-state index contributed by atoms with van der Waals surface area (Å²) in [4.78, 5) is 16.4. The molecule has 29 heavy (non-hydrogen) atoms. The Morgan fingerprint density at radius 3 is 2.24 bits per heavy atom. The average molecular weight is 428 g/mol. The molecule has 0 bridgehead atoms. The lowest BCUT2D eigenvalue weighted by Crippen LogP contribution is -2.50. The molecule has 1 N–H and O–H groups in total. The molecule has 0 spiro atoms. The number of hydrogen-bond donors (Lipinski definition) is 1. The van der Waals surface area contributed by atoms with Crippen molar-refractivity contribution in [3.8, 4) is 11.3 Å². The highest BCUT2D eigenvalue weighted by atomic mass is 35.5. The van der Waals surface area contributed by atoms with Crippen molar-refractivity contribution in [2.24, 2.45) is 0 Å². The van der Waals surface area contributed by atoms with E-state index in [0.717, 1.165) is 17.1 Å². The molecule has 2 aromatic carbocycles. The Morgan fingerprint density at radius 1 is 0.862 bits per heavy atom. The fourth-order valence-electron chi connectivity index (χ4n) is 3.16. The molecular formula is C21H19Cl2N5O. The molecule has 0 aliphatic carbocycles. The number of urea groups is 1. The molecule has 4 rings (SSSR count). The number of nitrogens with one attached hydrogen (secondary N) is 1. The minimum Gasteiger partial charge on any atom is -0.352 e. The highest BCUT2D eigenvalue weighted by Crippen LogP contribution is 2.23. The van der Waals surface area contributed by atoms with Crippen LogP contribution in [0.1, 0.15) is 0 Å². The molecule has 0 saturated carbocycles. The van der Waals surface area contributed by atoms with Crippen LogP contribution in [0.15, 0.2) is 60.7 Å². The third-order valence-corrected chi connectivity index (χ3v) is 5.38. The molecule has 6 nitrogen and oxygen atoms in total. The Morgan fingerprint density at radius 2 is 1.59 bits per heavy atom. The van der Waals surface area contributed by atoms with Gasteiger partial charge in [-0.1, -0.05) is 47.5 Å². The zero-order valence-corrected chi connectivity index (χ0v) is 17.1. The van der Waals surface area contributed by atoms with Crippen LogP contribution in [0.3, 0.4) is 0 Å². The Kier molecular flexibility index (Phi) is 5.83. The second-order valence-corrected chi connectivity index (χ2v) is 7.51. The van der Waals surface area contributed by atoms with Crippen molar-refractivity contribution < 1.29 is 4.79 Å². The van der Waals surface area contributed by atoms with Crippen molar-refractivity contribution in [2.45, 2.75) is 0 Å². The Hall–Kier alpha value is -2.83. The molecule has 1 aliphatic heterocycles. The summed E-state index contributed by atoms with van der Waals surface area (Å²) in [6.07, 6.45) is 0. The number of carbonyl (C=O) groups is 1. The zero-order chi connectivity index (χ0) is 20.2. The molecule has 8 heteroatoms. The molecule has 2 amide bonds. The fourth-order valence-corrected chi connectivity index (χ4v) is 3.47. The smallest absolute Gasteiger partial charge is 0.322 e. The van der Waals surface area contributed by atoms with Crippen LogP contribution in [0.25, 0.3) is 11.3 Å². The molecule has 0 radical (unpaired) electrons. The summed E-state index contributed by atoms with van der Waals surface area (Å²) in [7, 11) is 0. The van der Waals surface area contributed by atoms with Crippen LogP contribution in [-0.4, -0.2) is 47.3 Å². The summed E-state index contributed by atoms with van der Waals surface area (Å²) in [6, 6.07) is 18.5. The molecular weight excluding hydrogens is 409 g/mol. The van der Waals surface area contributed by atoms with E-state index in [0.29, 0.717) is 41.9 Å². The number of para-hydroxylation sites is 1. The van der Waals surface area contributed by atoms with E-state index in [1.807, 2.05) is 48.5 Å². The van der Waals surface area contributed by atoms with Crippen LogP contribution in [0.5, 0.6) is 0 Å². The number of carbonyl (C=O) groups excluding carboxylic acids is 1. The van der Waals surface area contributed by atoms with Gasteiger partial charge in [0, 0.05) is 36.8 Å². The van der Waals surface area contributed by atoms with Crippen LogP contribution in [0, 0.1) is 0 Å². The zero-order valence-electron chi connectivity index (χ0n) is 15.6. The van der Waals surface area contributed by atoms with E-state index in [-0.39, 0.29) is 6.03 Å². The van der Waals surface area contributed by atoms with Crippen molar-refractivity contribution >= 4 is 40.7 Å². The van der Waals surface area contributed by atoms with Gasteiger partial charge in [-0.3, -0.25) is 0 Å². The summed E-state index contributed by atoms with van der Waals surface area (Å²) in [5.74, 6) is 0.800. The molecule has 1 fully saturated rings. The third-order valence-electron chi connectivity index (χ3n) is 4.80. The molecule has 3 aromatic rings. The van der Waals surface area contributed by atoms with Crippen LogP contribution in [-0.2, 0) is 0 Å². The first-order chi connectivity index (χ1) is 14.1. The van der Waals surface area contributed by atoms with Gasteiger partial charge in [-0.2, -0.15) is 0 Å². The van der Waals surface area contributed by atoms with Crippen molar-refractivity contribution in [3.63, 3.8) is 0 Å². The minimum atomic E-state index is -0.151. The molecule has 1 saturated heterocycles. The average Bonchev–Trinajstić information content (AvgIpc) is 2.76. The largest absolute Gasteiger partial charge is 0.352 e. The van der Waals surface area contributed by atoms with Gasteiger partial charge in [-0.15, -0.1) is 10.2 Å². The summed E-state index contributed by atoms with van der Waals surface area (Å²) < 4.78 is 0. The number of hydrogen-bond acceptors (Lipinski definition) is 4. The Bertz CT molecular complexity index is 987. The second-order valence-electron chi connectivity index (χ2n) is 6.67. The number of aromatic nitrogens is 2. The molecule has 0 unspecified atom stereocenters. The highest BCUT2D eigenvalue weighted by Gasteiger charge is 2.22. The molecule has 1 aliphatic rings. The lowest BCUT2D eigenvalue weighted by atomic mass is 10.1. The first-order valence-corrected chi connectivity index (χ1v) is 10.0. The van der Waals surface area contributed by atoms with Crippen molar-refractivity contribution in [2.75, 3.05) is 36.4 Å². The molecule has 148 valence electrons. The van der Waals surface area contributed by atoms with E-state index in [2.05, 4.69) is 20.4 Å². The summed E-state index contributed by atoms with van der Waals surface area (Å²) in [5, 5.41) is 12.8. The van der Waals surface area contributed by atoms with Crippen LogP contribution < -0.4 is 10.2 Å². The lowest BCUT2D eigenvalue weighted by molar-refractivity contribution is 0.208. The van der Waals surface area contributed by atoms with E-state index >= 15 is 0 Å². The lowest BCUT2D eigenvalue weighted by Gasteiger charge is -2.35. The van der Waals surface area contributed by atoms with Crippen molar-refractivity contribution in [1.29, 1.82) is 0 Å². The van der Waals surface area contributed by atoms with Crippen molar-refractivity contribution in [3.05, 3.63) is 70.7 Å². The van der Waals surface area contributed by atoms with Crippen LogP contribution >= 0.6 is 23.2 Å². The quantitative estimate of drug-likeness (QED) is 0.651. The molecule has 0 atom stereocenters. The number of piperazine rings is 1. The third kappa shape index (κ3) is 4.60. The predicted molar refractivity (Wildman–Crippen MR) is 117 cm³/mol. The van der Waals surface area contributed by atoms with E-state index in [1.165, 1.54) is 0 Å². The van der Waals surface area contributed by atoms with Gasteiger partial charge in [0.2, 0.25) is 0 Å². The number of rotatable bonds is 3. The second kappa shape index (κ2) is 8.68. The monoisotopic (exact) mass is 427 g/mol. The van der Waals surface area contributed by atoms with Gasteiger partial charge in [0.1, 0.15) is 0 Å². The van der Waals surface area contributed by atoms with E-state index in [1.54, 1.807) is 17.0 Å². The standard InChI is InChI=1S/C21H19Cl2N5O/c22-16-7-5-15(6-8-16)18-9-10-20(26-25-18)27-11-13-28(14-12-27)21(29)24-19-4-2-1-3-17(19)23/h1-10H,11-14H2,(H,24,29). The van der Waals surface area contributed by atoms with Crippen LogP contribution in [0.2, 0.25) is 10.0 Å². The van der Waals surface area contributed by atoms with Crippen molar-refractivity contribution in [1.82, 2.24) is 15.1 Å². The van der Waals surface area contributed by atoms with Gasteiger partial charge in [-0.05, 0) is 36.4 Å². The summed E-state index contributed by atoms with van der Waals surface area (Å²) >= 11 is 12.0. The molecule has 1 aromatic heterocycles. The predicted octanol–water partition coefficient (Wildman–Crippen LogP) is 4.80. The van der Waals surface area contributed by atoms with Gasteiger partial charge in [-0.25, -0.2) is 4.79 Å². The van der Waals surface area contributed by atoms with Gasteiger partial charge in [0.15, 0.2) is 5.82 Å². The van der Waals surface area contributed by atoms with Crippen LogP contribution in [0.4, 0.5) is 16.3 Å². The number of anilines is 2.